The van der Waals surface area contributed by atoms with Crippen molar-refractivity contribution in [2.45, 2.75) is 12.3 Å². The number of nitrogens with zero attached hydrogens (tertiary/aromatic N) is 2. The van der Waals surface area contributed by atoms with E-state index in [-0.39, 0.29) is 17.4 Å². The summed E-state index contributed by atoms with van der Waals surface area (Å²) in [6.07, 6.45) is 1.79. The molecule has 1 aliphatic rings. The number of nitrogens with one attached hydrogen (secondary N) is 1. The largest absolute Gasteiger partial charge is 0.383 e. The summed E-state index contributed by atoms with van der Waals surface area (Å²) in [6.45, 7) is 1.73. The van der Waals surface area contributed by atoms with Gasteiger partial charge in [-0.1, -0.05) is 0 Å². The fourth-order valence-corrected chi connectivity index (χ4v) is 1.99. The van der Waals surface area contributed by atoms with Gasteiger partial charge < -0.3 is 14.6 Å². The van der Waals surface area contributed by atoms with Crippen molar-refractivity contribution in [1.29, 1.82) is 0 Å². The van der Waals surface area contributed by atoms with Gasteiger partial charge in [0.15, 0.2) is 0 Å². The van der Waals surface area contributed by atoms with Gasteiger partial charge in [-0.25, -0.2) is 4.98 Å². The minimum Gasteiger partial charge on any atom is -0.383 e. The molecule has 17 heavy (non-hydrogen) atoms. The highest BCUT2D eigenvalue weighted by Crippen LogP contribution is 2.25. The Balaban J connectivity index is 2.06. The number of aromatic nitrogens is 2. The first kappa shape index (κ1) is 11.8. The SMILES string of the molecule is COCCN1CC(c2cc(=O)[nH]cn2)CC1=O. The van der Waals surface area contributed by atoms with E-state index in [4.69, 9.17) is 4.74 Å². The minimum absolute atomic E-state index is 0.0154. The maximum absolute atomic E-state index is 11.7. The second kappa shape index (κ2) is 5.09. The number of aromatic amines is 1. The second-order valence-corrected chi connectivity index (χ2v) is 4.07. The Morgan fingerprint density at radius 3 is 3.12 bits per heavy atom. The van der Waals surface area contributed by atoms with Crippen LogP contribution in [0.15, 0.2) is 17.2 Å². The number of amides is 1. The number of rotatable bonds is 4. The van der Waals surface area contributed by atoms with Gasteiger partial charge in [0.1, 0.15) is 0 Å². The summed E-state index contributed by atoms with van der Waals surface area (Å²) in [4.78, 5) is 31.2. The maximum Gasteiger partial charge on any atom is 0.250 e. The Morgan fingerprint density at radius 1 is 1.59 bits per heavy atom. The fourth-order valence-electron chi connectivity index (χ4n) is 1.99. The molecule has 0 bridgehead atoms. The highest BCUT2D eigenvalue weighted by atomic mass is 16.5. The lowest BCUT2D eigenvalue weighted by molar-refractivity contribution is -0.128. The predicted octanol–water partition coefficient (Wildman–Crippen LogP) is -0.268. The molecule has 1 aromatic heterocycles. The number of carbonyl (C=O) groups excluding carboxylic acids is 1. The van der Waals surface area contributed by atoms with E-state index in [1.807, 2.05) is 0 Å². The number of hydrogen-bond donors (Lipinski definition) is 1. The number of carbonyl (C=O) groups is 1. The highest BCUT2D eigenvalue weighted by molar-refractivity contribution is 5.79. The summed E-state index contributed by atoms with van der Waals surface area (Å²) < 4.78 is 4.95. The van der Waals surface area contributed by atoms with Crippen LogP contribution in [-0.4, -0.2) is 47.6 Å². The molecule has 92 valence electrons. The summed E-state index contributed by atoms with van der Waals surface area (Å²) in [5.74, 6) is 0.107. The molecule has 0 aliphatic carbocycles. The van der Waals surface area contributed by atoms with E-state index in [1.165, 1.54) is 12.4 Å². The van der Waals surface area contributed by atoms with Crippen molar-refractivity contribution in [2.24, 2.45) is 0 Å². The average Bonchev–Trinajstić information content (AvgIpc) is 2.68. The molecule has 1 aliphatic heterocycles. The Kier molecular flexibility index (Phi) is 3.53. The van der Waals surface area contributed by atoms with Crippen molar-refractivity contribution >= 4 is 5.91 Å². The van der Waals surface area contributed by atoms with Gasteiger partial charge in [-0.3, -0.25) is 9.59 Å². The topological polar surface area (TPSA) is 75.3 Å². The summed E-state index contributed by atoms with van der Waals surface area (Å²) in [5, 5.41) is 0. The molecular formula is C11H15N3O3. The molecular weight excluding hydrogens is 222 g/mol. The van der Waals surface area contributed by atoms with Crippen LogP contribution in [0.1, 0.15) is 18.0 Å². The fraction of sp³-hybridized carbons (Fsp3) is 0.545. The third-order valence-electron chi connectivity index (χ3n) is 2.90. The molecule has 1 aromatic rings. The molecule has 1 saturated heterocycles. The summed E-state index contributed by atoms with van der Waals surface area (Å²) in [7, 11) is 1.61. The zero-order chi connectivity index (χ0) is 12.3. The van der Waals surface area contributed by atoms with Crippen molar-refractivity contribution in [2.75, 3.05) is 26.8 Å². The van der Waals surface area contributed by atoms with Crippen LogP contribution in [0, 0.1) is 0 Å². The van der Waals surface area contributed by atoms with Crippen LogP contribution in [0.5, 0.6) is 0 Å². The lowest BCUT2D eigenvalue weighted by atomic mass is 10.0. The van der Waals surface area contributed by atoms with Gasteiger partial charge in [0, 0.05) is 38.6 Å². The van der Waals surface area contributed by atoms with Crippen LogP contribution >= 0.6 is 0 Å². The zero-order valence-electron chi connectivity index (χ0n) is 9.68. The molecule has 1 unspecified atom stereocenters. The van der Waals surface area contributed by atoms with Crippen molar-refractivity contribution in [3.05, 3.63) is 28.4 Å². The molecule has 1 fully saturated rings. The van der Waals surface area contributed by atoms with Gasteiger partial charge in [-0.2, -0.15) is 0 Å². The Bertz CT molecular complexity index is 457. The van der Waals surface area contributed by atoms with E-state index >= 15 is 0 Å². The van der Waals surface area contributed by atoms with E-state index in [9.17, 15) is 9.59 Å². The molecule has 1 atom stereocenters. The van der Waals surface area contributed by atoms with Gasteiger partial charge >= 0.3 is 0 Å². The van der Waals surface area contributed by atoms with Gasteiger partial charge in [-0.05, 0) is 0 Å². The second-order valence-electron chi connectivity index (χ2n) is 4.07. The van der Waals surface area contributed by atoms with Crippen LogP contribution in [0.2, 0.25) is 0 Å². The minimum atomic E-state index is -0.183. The third kappa shape index (κ3) is 2.71. The van der Waals surface area contributed by atoms with E-state index in [0.29, 0.717) is 31.8 Å². The number of H-pyrrole nitrogens is 1. The Labute approximate surface area is 98.6 Å². The Morgan fingerprint density at radius 2 is 2.41 bits per heavy atom. The lowest BCUT2D eigenvalue weighted by Gasteiger charge is -2.15. The van der Waals surface area contributed by atoms with Crippen molar-refractivity contribution in [3.8, 4) is 0 Å². The van der Waals surface area contributed by atoms with E-state index in [0.717, 1.165) is 0 Å². The first-order chi connectivity index (χ1) is 8.20. The predicted molar refractivity (Wildman–Crippen MR) is 60.7 cm³/mol. The molecule has 0 radical (unpaired) electrons. The van der Waals surface area contributed by atoms with E-state index in [2.05, 4.69) is 9.97 Å². The summed E-state index contributed by atoms with van der Waals surface area (Å²) >= 11 is 0. The molecule has 0 spiro atoms. The molecule has 1 N–H and O–H groups in total. The molecule has 1 amide bonds. The average molecular weight is 237 g/mol. The van der Waals surface area contributed by atoms with Crippen LogP contribution in [0.25, 0.3) is 0 Å². The van der Waals surface area contributed by atoms with E-state index in [1.54, 1.807) is 12.0 Å². The Hall–Kier alpha value is -1.69. The molecule has 2 heterocycles. The molecule has 0 saturated carbocycles. The standard InChI is InChI=1S/C11H15N3O3/c1-17-3-2-14-6-8(4-11(14)16)9-5-10(15)13-7-12-9/h5,7-8H,2-4,6H2,1H3,(H,12,13,15). The quantitative estimate of drug-likeness (QED) is 0.782. The van der Waals surface area contributed by atoms with Crippen LogP contribution in [-0.2, 0) is 9.53 Å². The summed E-state index contributed by atoms with van der Waals surface area (Å²) in [5.41, 5.74) is 0.500. The monoisotopic (exact) mass is 237 g/mol. The first-order valence-corrected chi connectivity index (χ1v) is 5.52. The number of ether oxygens (including phenoxy) is 1. The van der Waals surface area contributed by atoms with Crippen molar-refractivity contribution in [3.63, 3.8) is 0 Å². The highest BCUT2D eigenvalue weighted by Gasteiger charge is 2.31. The summed E-state index contributed by atoms with van der Waals surface area (Å²) in [6, 6.07) is 1.46. The first-order valence-electron chi connectivity index (χ1n) is 5.52. The number of likely N-dealkylation sites (tertiary alicyclic amines) is 1. The zero-order valence-corrected chi connectivity index (χ0v) is 9.68. The van der Waals surface area contributed by atoms with Crippen molar-refractivity contribution in [1.82, 2.24) is 14.9 Å². The van der Waals surface area contributed by atoms with Gasteiger partial charge in [0.05, 0.1) is 18.6 Å². The van der Waals surface area contributed by atoms with Crippen LogP contribution < -0.4 is 5.56 Å². The molecule has 0 aromatic carbocycles. The lowest BCUT2D eigenvalue weighted by Crippen LogP contribution is -2.28. The number of methoxy groups -OCH3 is 1. The third-order valence-corrected chi connectivity index (χ3v) is 2.90. The molecule has 2 rings (SSSR count). The molecule has 6 heteroatoms. The maximum atomic E-state index is 11.7. The van der Waals surface area contributed by atoms with Gasteiger partial charge in [-0.15, -0.1) is 0 Å². The smallest absolute Gasteiger partial charge is 0.250 e. The van der Waals surface area contributed by atoms with Crippen LogP contribution in [0.3, 0.4) is 0 Å². The van der Waals surface area contributed by atoms with Gasteiger partial charge in [0.25, 0.3) is 5.56 Å². The normalized spacial score (nSPS) is 19.9. The van der Waals surface area contributed by atoms with Gasteiger partial charge in [0.2, 0.25) is 5.91 Å². The van der Waals surface area contributed by atoms with E-state index < -0.39 is 0 Å². The number of hydrogen-bond acceptors (Lipinski definition) is 4. The molecule has 6 nitrogen and oxygen atoms in total. The van der Waals surface area contributed by atoms with Crippen LogP contribution in [0.4, 0.5) is 0 Å². The van der Waals surface area contributed by atoms with Crippen molar-refractivity contribution < 1.29 is 9.53 Å².